The van der Waals surface area contributed by atoms with Crippen molar-refractivity contribution in [3.63, 3.8) is 0 Å². The summed E-state index contributed by atoms with van der Waals surface area (Å²) in [4.78, 5) is 49.7. The van der Waals surface area contributed by atoms with Crippen molar-refractivity contribution in [2.24, 2.45) is 5.73 Å². The van der Waals surface area contributed by atoms with Gasteiger partial charge in [-0.05, 0) is 48.9 Å². The lowest BCUT2D eigenvalue weighted by atomic mass is 9.91. The molecule has 10 heteroatoms. The first-order chi connectivity index (χ1) is 14.3. The Morgan fingerprint density at radius 1 is 1.13 bits per heavy atom. The van der Waals surface area contributed by atoms with Gasteiger partial charge in [-0.3, -0.25) is 19.3 Å². The van der Waals surface area contributed by atoms with E-state index in [0.717, 1.165) is 4.90 Å². The number of benzene rings is 2. The van der Waals surface area contributed by atoms with Gasteiger partial charge in [-0.15, -0.1) is 0 Å². The Morgan fingerprint density at radius 3 is 2.53 bits per heavy atom. The molecule has 10 nitrogen and oxygen atoms in total. The third-order valence-corrected chi connectivity index (χ3v) is 4.98. The van der Waals surface area contributed by atoms with Crippen LogP contribution >= 0.6 is 0 Å². The van der Waals surface area contributed by atoms with Crippen molar-refractivity contribution in [3.8, 4) is 11.5 Å². The molecule has 154 valence electrons. The lowest BCUT2D eigenvalue weighted by molar-refractivity contribution is -0.133. The standard InChI is InChI=1S/C20H18N4O6/c1-20(12-4-7-14-15(8-12)30-10-29-14)18(27)24(19(28)23-20)9-16(25)22-13-5-2-11(3-6-13)17(21)26/h2-8H,9-10H2,1H3,(H2,21,26)(H,22,25)(H,23,28)/t20-/m1/s1. The number of nitrogens with one attached hydrogen (secondary N) is 2. The molecule has 0 unspecified atom stereocenters. The number of rotatable bonds is 5. The maximum absolute atomic E-state index is 13.0. The van der Waals surface area contributed by atoms with Crippen LogP contribution in [-0.4, -0.2) is 42.0 Å². The summed E-state index contributed by atoms with van der Waals surface area (Å²) in [7, 11) is 0. The number of fused-ring (bicyclic) bond motifs is 1. The third kappa shape index (κ3) is 3.28. The Bertz CT molecular complexity index is 1070. The van der Waals surface area contributed by atoms with Gasteiger partial charge in [0.2, 0.25) is 18.6 Å². The zero-order chi connectivity index (χ0) is 21.5. The molecule has 2 aromatic rings. The Kier molecular flexibility index (Phi) is 4.53. The predicted octanol–water partition coefficient (Wildman–Crippen LogP) is 0.920. The zero-order valence-electron chi connectivity index (χ0n) is 15.9. The summed E-state index contributed by atoms with van der Waals surface area (Å²) in [6.45, 7) is 1.18. The summed E-state index contributed by atoms with van der Waals surface area (Å²) < 4.78 is 10.6. The number of hydrogen-bond acceptors (Lipinski definition) is 6. The highest BCUT2D eigenvalue weighted by Crippen LogP contribution is 2.37. The second kappa shape index (κ2) is 7.07. The molecule has 0 saturated carbocycles. The maximum atomic E-state index is 13.0. The number of ether oxygens (including phenoxy) is 2. The number of nitrogens with two attached hydrogens (primary N) is 1. The molecule has 2 aromatic carbocycles. The van der Waals surface area contributed by atoms with Gasteiger partial charge in [0.1, 0.15) is 12.1 Å². The third-order valence-electron chi connectivity index (χ3n) is 4.98. The number of carbonyl (C=O) groups excluding carboxylic acids is 4. The van der Waals surface area contributed by atoms with Gasteiger partial charge in [-0.2, -0.15) is 0 Å². The molecular weight excluding hydrogens is 392 g/mol. The average Bonchev–Trinajstić information content (AvgIpc) is 3.27. The van der Waals surface area contributed by atoms with Gasteiger partial charge in [0, 0.05) is 11.3 Å². The van der Waals surface area contributed by atoms with Gasteiger partial charge in [0.25, 0.3) is 5.91 Å². The number of primary amides is 1. The fourth-order valence-corrected chi connectivity index (χ4v) is 3.31. The van der Waals surface area contributed by atoms with Crippen LogP contribution in [0, 0.1) is 0 Å². The summed E-state index contributed by atoms with van der Waals surface area (Å²) >= 11 is 0. The van der Waals surface area contributed by atoms with Crippen molar-refractivity contribution < 1.29 is 28.7 Å². The van der Waals surface area contributed by atoms with Gasteiger partial charge < -0.3 is 25.8 Å². The first-order valence-electron chi connectivity index (χ1n) is 9.02. The minimum Gasteiger partial charge on any atom is -0.454 e. The molecule has 2 aliphatic rings. The Balaban J connectivity index is 1.47. The van der Waals surface area contributed by atoms with E-state index in [1.54, 1.807) is 25.1 Å². The van der Waals surface area contributed by atoms with Crippen LogP contribution in [0.25, 0.3) is 0 Å². The second-order valence-electron chi connectivity index (χ2n) is 7.00. The monoisotopic (exact) mass is 410 g/mol. The van der Waals surface area contributed by atoms with Crippen LogP contribution in [0.2, 0.25) is 0 Å². The molecule has 1 fully saturated rings. The molecule has 4 N–H and O–H groups in total. The molecule has 0 radical (unpaired) electrons. The van der Waals surface area contributed by atoms with Crippen LogP contribution in [-0.2, 0) is 15.1 Å². The van der Waals surface area contributed by atoms with Crippen molar-refractivity contribution >= 4 is 29.4 Å². The van der Waals surface area contributed by atoms with Crippen LogP contribution in [0.5, 0.6) is 11.5 Å². The van der Waals surface area contributed by atoms with E-state index in [0.29, 0.717) is 28.3 Å². The van der Waals surface area contributed by atoms with E-state index in [4.69, 9.17) is 15.2 Å². The van der Waals surface area contributed by atoms with Gasteiger partial charge in [-0.25, -0.2) is 4.79 Å². The van der Waals surface area contributed by atoms with Crippen LogP contribution in [0.3, 0.4) is 0 Å². The van der Waals surface area contributed by atoms with E-state index in [9.17, 15) is 19.2 Å². The van der Waals surface area contributed by atoms with Crippen LogP contribution in [0.15, 0.2) is 42.5 Å². The molecule has 0 aromatic heterocycles. The number of amides is 5. The first-order valence-corrected chi connectivity index (χ1v) is 9.02. The summed E-state index contributed by atoms with van der Waals surface area (Å²) in [5.74, 6) is -0.690. The highest BCUT2D eigenvalue weighted by atomic mass is 16.7. The molecule has 0 bridgehead atoms. The molecule has 5 amide bonds. The molecule has 0 aliphatic carbocycles. The lowest BCUT2D eigenvalue weighted by Crippen LogP contribution is -2.42. The minimum absolute atomic E-state index is 0.0858. The molecule has 2 aliphatic heterocycles. The Morgan fingerprint density at radius 2 is 1.83 bits per heavy atom. The van der Waals surface area contributed by atoms with Gasteiger partial charge in [-0.1, -0.05) is 6.07 Å². The van der Waals surface area contributed by atoms with Crippen molar-refractivity contribution in [3.05, 3.63) is 53.6 Å². The Hall–Kier alpha value is -4.08. The first kappa shape index (κ1) is 19.2. The van der Waals surface area contributed by atoms with Crippen LogP contribution in [0.4, 0.5) is 10.5 Å². The highest BCUT2D eigenvalue weighted by Gasteiger charge is 2.49. The normalized spacial score (nSPS) is 19.6. The van der Waals surface area contributed by atoms with Crippen molar-refractivity contribution in [1.82, 2.24) is 10.2 Å². The van der Waals surface area contributed by atoms with Crippen molar-refractivity contribution in [1.29, 1.82) is 0 Å². The van der Waals surface area contributed by atoms with E-state index in [1.807, 2.05) is 0 Å². The average molecular weight is 410 g/mol. The number of nitrogens with zero attached hydrogens (tertiary/aromatic N) is 1. The maximum Gasteiger partial charge on any atom is 0.325 e. The molecule has 2 heterocycles. The number of anilines is 1. The number of hydrogen-bond donors (Lipinski definition) is 3. The largest absolute Gasteiger partial charge is 0.454 e. The van der Waals surface area contributed by atoms with E-state index in [-0.39, 0.29) is 6.79 Å². The number of carbonyl (C=O) groups is 4. The van der Waals surface area contributed by atoms with E-state index in [1.165, 1.54) is 24.3 Å². The predicted molar refractivity (Wildman–Crippen MR) is 104 cm³/mol. The summed E-state index contributed by atoms with van der Waals surface area (Å²) in [6, 6.07) is 10.2. The fourth-order valence-electron chi connectivity index (χ4n) is 3.31. The van der Waals surface area contributed by atoms with E-state index < -0.39 is 35.8 Å². The number of imide groups is 1. The molecule has 1 atom stereocenters. The number of urea groups is 1. The van der Waals surface area contributed by atoms with Crippen molar-refractivity contribution in [2.45, 2.75) is 12.5 Å². The molecule has 1 saturated heterocycles. The van der Waals surface area contributed by atoms with Gasteiger partial charge in [0.05, 0.1) is 0 Å². The van der Waals surface area contributed by atoms with E-state index >= 15 is 0 Å². The van der Waals surface area contributed by atoms with Crippen molar-refractivity contribution in [2.75, 3.05) is 18.7 Å². The summed E-state index contributed by atoms with van der Waals surface area (Å²) in [5.41, 5.74) is 5.03. The Labute approximate surface area is 170 Å². The molecule has 30 heavy (non-hydrogen) atoms. The van der Waals surface area contributed by atoms with Gasteiger partial charge in [0.15, 0.2) is 11.5 Å². The highest BCUT2D eigenvalue weighted by molar-refractivity contribution is 6.10. The topological polar surface area (TPSA) is 140 Å². The SMILES string of the molecule is C[C@]1(c2ccc3c(c2)OCO3)NC(=O)N(CC(=O)Nc2ccc(C(N)=O)cc2)C1=O. The molecule has 4 rings (SSSR count). The smallest absolute Gasteiger partial charge is 0.325 e. The van der Waals surface area contributed by atoms with Gasteiger partial charge >= 0.3 is 6.03 Å². The zero-order valence-corrected chi connectivity index (χ0v) is 15.9. The van der Waals surface area contributed by atoms with Crippen LogP contribution < -0.4 is 25.8 Å². The second-order valence-corrected chi connectivity index (χ2v) is 7.00. The fraction of sp³-hybridized carbons (Fsp3) is 0.200. The molecular formula is C20H18N4O6. The quantitative estimate of drug-likeness (QED) is 0.626. The lowest BCUT2D eigenvalue weighted by Gasteiger charge is -2.22. The molecule has 0 spiro atoms. The minimum atomic E-state index is -1.35. The van der Waals surface area contributed by atoms with Crippen LogP contribution in [0.1, 0.15) is 22.8 Å². The summed E-state index contributed by atoms with van der Waals surface area (Å²) in [6.07, 6.45) is 0. The van der Waals surface area contributed by atoms with E-state index in [2.05, 4.69) is 10.6 Å². The summed E-state index contributed by atoms with van der Waals surface area (Å²) in [5, 5.41) is 5.21.